The zero-order chi connectivity index (χ0) is 14.3. The molecule has 0 saturated carbocycles. The average Bonchev–Trinajstić information content (AvgIpc) is 2.82. The van der Waals surface area contributed by atoms with Crippen LogP contribution in [0.1, 0.15) is 17.4 Å². The normalized spacial score (nSPS) is 15.4. The largest absolute Gasteiger partial charge is 0.594 e. The van der Waals surface area contributed by atoms with E-state index >= 15 is 0 Å². The predicted molar refractivity (Wildman–Crippen MR) is 73.2 cm³/mol. The number of aromatic nitrogens is 3. The maximum Gasteiger partial charge on any atom is 0.271 e. The van der Waals surface area contributed by atoms with E-state index in [4.69, 9.17) is 10.5 Å². The Labute approximate surface area is 116 Å². The minimum absolute atomic E-state index is 0.346. The first-order valence-corrected chi connectivity index (χ1v) is 6.52. The fourth-order valence-electron chi connectivity index (χ4n) is 2.37. The molecule has 1 atom stereocenters. The molecule has 2 aromatic rings. The van der Waals surface area contributed by atoms with Crippen LogP contribution in [0, 0.1) is 5.21 Å². The maximum atomic E-state index is 12.0. The van der Waals surface area contributed by atoms with Gasteiger partial charge in [0.15, 0.2) is 0 Å². The van der Waals surface area contributed by atoms with Crippen molar-refractivity contribution in [3.05, 3.63) is 28.7 Å². The minimum Gasteiger partial charge on any atom is -0.594 e. The molecule has 3 rings (SSSR count). The summed E-state index contributed by atoms with van der Waals surface area (Å²) in [7, 11) is 3.82. The van der Waals surface area contributed by atoms with Crippen LogP contribution in [-0.2, 0) is 6.42 Å². The topological polar surface area (TPSA) is 91.2 Å². The van der Waals surface area contributed by atoms with Gasteiger partial charge >= 0.3 is 0 Å². The van der Waals surface area contributed by atoms with Crippen molar-refractivity contribution >= 4 is 11.0 Å². The number of nitrogens with zero attached hydrogens (tertiary/aromatic N) is 4. The molecular weight excluding hydrogens is 258 g/mol. The van der Waals surface area contributed by atoms with Crippen molar-refractivity contribution < 1.29 is 9.58 Å². The first-order chi connectivity index (χ1) is 9.54. The van der Waals surface area contributed by atoms with Gasteiger partial charge < -0.3 is 20.6 Å². The van der Waals surface area contributed by atoms with Crippen LogP contribution in [0.5, 0.6) is 5.75 Å². The summed E-state index contributed by atoms with van der Waals surface area (Å²) in [5, 5.41) is 16.0. The summed E-state index contributed by atoms with van der Waals surface area (Å²) in [6, 6.07) is 3.19. The molecular formula is C13H17N5O2. The summed E-state index contributed by atoms with van der Waals surface area (Å²) in [4.78, 5) is 6.94. The number of hydrogen-bond donors (Lipinski definition) is 1. The van der Waals surface area contributed by atoms with E-state index in [0.29, 0.717) is 34.9 Å². The Morgan fingerprint density at radius 2 is 2.30 bits per heavy atom. The molecule has 0 fully saturated rings. The number of ether oxygens (including phenoxy) is 1. The Morgan fingerprint density at radius 1 is 1.50 bits per heavy atom. The molecule has 7 heteroatoms. The smallest absolute Gasteiger partial charge is 0.271 e. The van der Waals surface area contributed by atoms with Gasteiger partial charge in [-0.1, -0.05) is 0 Å². The van der Waals surface area contributed by atoms with E-state index in [9.17, 15) is 5.21 Å². The molecule has 106 valence electrons. The highest BCUT2D eigenvalue weighted by Gasteiger charge is 2.21. The van der Waals surface area contributed by atoms with Crippen LogP contribution in [0.25, 0.3) is 11.0 Å². The number of benzene rings is 1. The summed E-state index contributed by atoms with van der Waals surface area (Å²) >= 11 is 0. The Morgan fingerprint density at radius 3 is 3.05 bits per heavy atom. The third-order valence-corrected chi connectivity index (χ3v) is 3.31. The van der Waals surface area contributed by atoms with Gasteiger partial charge in [0.05, 0.1) is 12.6 Å². The van der Waals surface area contributed by atoms with E-state index in [-0.39, 0.29) is 0 Å². The first kappa shape index (κ1) is 13.0. The molecule has 2 N–H and O–H groups in total. The van der Waals surface area contributed by atoms with Crippen LogP contribution in [0.2, 0.25) is 0 Å². The second-order valence-corrected chi connectivity index (χ2v) is 5.26. The highest BCUT2D eigenvalue weighted by Crippen LogP contribution is 2.28. The summed E-state index contributed by atoms with van der Waals surface area (Å²) in [6.07, 6.45) is 0.813. The molecule has 0 radical (unpaired) electrons. The Balaban J connectivity index is 2.07. The van der Waals surface area contributed by atoms with Crippen LogP contribution in [-0.4, -0.2) is 42.2 Å². The molecule has 0 amide bonds. The minimum atomic E-state index is -0.399. The van der Waals surface area contributed by atoms with E-state index < -0.39 is 6.04 Å². The van der Waals surface area contributed by atoms with Gasteiger partial charge in [0.25, 0.3) is 5.52 Å². The van der Waals surface area contributed by atoms with Crippen molar-refractivity contribution in [2.24, 2.45) is 5.73 Å². The molecule has 0 aliphatic carbocycles. The summed E-state index contributed by atoms with van der Waals surface area (Å²) in [6.45, 7) is 1.22. The molecule has 2 heterocycles. The lowest BCUT2D eigenvalue weighted by Gasteiger charge is -2.14. The summed E-state index contributed by atoms with van der Waals surface area (Å²) in [5.74, 6) is 1.14. The molecule has 1 aromatic carbocycles. The van der Waals surface area contributed by atoms with Crippen molar-refractivity contribution in [2.75, 3.05) is 27.2 Å². The van der Waals surface area contributed by atoms with Gasteiger partial charge in [-0.15, -0.1) is 0 Å². The molecule has 1 aromatic heterocycles. The highest BCUT2D eigenvalue weighted by atomic mass is 16.5. The monoisotopic (exact) mass is 275 g/mol. The lowest BCUT2D eigenvalue weighted by atomic mass is 10.1. The van der Waals surface area contributed by atoms with Crippen molar-refractivity contribution in [2.45, 2.75) is 12.5 Å². The number of nitrogens with two attached hydrogens (primary N) is 1. The van der Waals surface area contributed by atoms with Crippen molar-refractivity contribution in [3.8, 4) is 5.75 Å². The third kappa shape index (κ3) is 2.25. The zero-order valence-electron chi connectivity index (χ0n) is 11.5. The summed E-state index contributed by atoms with van der Waals surface area (Å²) in [5.41, 5.74) is 8.07. The van der Waals surface area contributed by atoms with Gasteiger partial charge in [-0.25, -0.2) is 4.98 Å². The van der Waals surface area contributed by atoms with Crippen LogP contribution >= 0.6 is 0 Å². The molecule has 7 nitrogen and oxygen atoms in total. The second-order valence-electron chi connectivity index (χ2n) is 5.26. The fourth-order valence-corrected chi connectivity index (χ4v) is 2.37. The fraction of sp³-hybridized carbons (Fsp3) is 0.462. The Kier molecular flexibility index (Phi) is 3.15. The highest BCUT2D eigenvalue weighted by molar-refractivity contribution is 5.75. The van der Waals surface area contributed by atoms with Crippen LogP contribution in [0.3, 0.4) is 0 Å². The van der Waals surface area contributed by atoms with Gasteiger partial charge in [-0.05, 0) is 18.9 Å². The summed E-state index contributed by atoms with van der Waals surface area (Å²) < 4.78 is 5.50. The standard InChI is InChI=1S/C13H17N5O2/c1-17(2)7-9(14)13-15-10-6-12-8(3-4-20-12)5-11(10)18(19)16-13/h5-6,9H,3-4,7,14H2,1-2H3. The van der Waals surface area contributed by atoms with Crippen molar-refractivity contribution in [3.63, 3.8) is 0 Å². The van der Waals surface area contributed by atoms with Crippen LogP contribution < -0.4 is 15.3 Å². The molecule has 0 bridgehead atoms. The Hall–Kier alpha value is -1.99. The third-order valence-electron chi connectivity index (χ3n) is 3.31. The average molecular weight is 275 g/mol. The van der Waals surface area contributed by atoms with E-state index in [1.807, 2.05) is 19.0 Å². The van der Waals surface area contributed by atoms with Gasteiger partial charge in [0.2, 0.25) is 5.82 Å². The number of likely N-dealkylation sites (N-methyl/N-ethyl adjacent to an activating group) is 1. The molecule has 1 unspecified atom stereocenters. The zero-order valence-corrected chi connectivity index (χ0v) is 11.5. The van der Waals surface area contributed by atoms with E-state index in [1.54, 1.807) is 12.1 Å². The molecule has 1 aliphatic heterocycles. The molecule has 0 spiro atoms. The predicted octanol–water partition coefficient (Wildman–Crippen LogP) is -0.240. The quantitative estimate of drug-likeness (QED) is 0.614. The van der Waals surface area contributed by atoms with Crippen molar-refractivity contribution in [1.29, 1.82) is 0 Å². The lowest BCUT2D eigenvalue weighted by Crippen LogP contribution is -2.37. The maximum absolute atomic E-state index is 12.0. The van der Waals surface area contributed by atoms with E-state index in [2.05, 4.69) is 10.1 Å². The van der Waals surface area contributed by atoms with Gasteiger partial charge in [-0.2, -0.15) is 0 Å². The number of fused-ring (bicyclic) bond motifs is 2. The molecule has 20 heavy (non-hydrogen) atoms. The lowest BCUT2D eigenvalue weighted by molar-refractivity contribution is -0.644. The van der Waals surface area contributed by atoms with E-state index in [0.717, 1.165) is 17.7 Å². The SMILES string of the molecule is CN(C)CC(N)c1nc2cc3c(cc2[n+]([O-])n1)CCO3. The van der Waals surface area contributed by atoms with Crippen LogP contribution in [0.4, 0.5) is 0 Å². The second kappa shape index (κ2) is 4.84. The number of rotatable bonds is 3. The van der Waals surface area contributed by atoms with Crippen LogP contribution in [0.15, 0.2) is 12.1 Å². The molecule has 0 saturated heterocycles. The Bertz CT molecular complexity index is 659. The van der Waals surface area contributed by atoms with Gasteiger partial charge in [0, 0.05) is 35.8 Å². The first-order valence-electron chi connectivity index (χ1n) is 6.52. The number of hydrogen-bond acceptors (Lipinski definition) is 6. The van der Waals surface area contributed by atoms with E-state index in [1.165, 1.54) is 0 Å². The van der Waals surface area contributed by atoms with Gasteiger partial charge in [-0.3, -0.25) is 0 Å². The van der Waals surface area contributed by atoms with Crippen molar-refractivity contribution in [1.82, 2.24) is 15.0 Å². The molecule has 1 aliphatic rings. The van der Waals surface area contributed by atoms with Gasteiger partial charge in [0.1, 0.15) is 11.3 Å².